The fourth-order valence-electron chi connectivity index (χ4n) is 0. The van der Waals surface area contributed by atoms with Gasteiger partial charge in [0.15, 0.2) is 0 Å². The molecule has 2 N–H and O–H groups in total. The summed E-state index contributed by atoms with van der Waals surface area (Å²) >= 11 is 0. The summed E-state index contributed by atoms with van der Waals surface area (Å²) in [5.41, 5.74) is 0. The van der Waals surface area contributed by atoms with E-state index < -0.39 is 0 Å². The second-order valence-electron chi connectivity index (χ2n) is 0. The molecule has 0 atom stereocenters. The van der Waals surface area contributed by atoms with Gasteiger partial charge in [0.25, 0.3) is 0 Å². The molecular formula is H8BaCaCuOSr. The molecule has 0 spiro atoms. The summed E-state index contributed by atoms with van der Waals surface area (Å²) in [5.74, 6) is 0. The summed E-state index contributed by atoms with van der Waals surface area (Å²) in [7, 11) is 0. The van der Waals surface area contributed by atoms with E-state index in [1.54, 1.807) is 0 Å². The molecule has 0 bridgehead atoms. The molecule has 0 fully saturated rings. The first-order valence-electron chi connectivity index (χ1n) is 0. The van der Waals surface area contributed by atoms with E-state index >= 15 is 0 Å². The van der Waals surface area contributed by atoms with E-state index in [1.165, 1.54) is 0 Å². The van der Waals surface area contributed by atoms with Gasteiger partial charge in [-0.3, -0.25) is 0 Å². The molecule has 0 aromatic heterocycles. The van der Waals surface area contributed by atoms with Crippen molar-refractivity contribution >= 4 is 132 Å². The molecule has 5 heavy (non-hydrogen) atoms. The molecule has 0 aliphatic rings. The zero-order chi connectivity index (χ0) is 0. The first kappa shape index (κ1) is 33.0. The van der Waals surface area contributed by atoms with Gasteiger partial charge in [-0.15, -0.1) is 0 Å². The quantitative estimate of drug-likeness (QED) is 0.404. The molecule has 5 heteroatoms. The SMILES string of the molecule is O.[BaH2].[CaH2].[Cu].[SrH2]. The Morgan fingerprint density at radius 1 is 1.00 bits per heavy atom. The van der Waals surface area contributed by atoms with Gasteiger partial charge in [0.1, 0.15) is 0 Å². The van der Waals surface area contributed by atoms with Crippen LogP contribution in [0, 0.1) is 0 Å². The maximum absolute atomic E-state index is 0. The second kappa shape index (κ2) is 23.2. The molecule has 0 rings (SSSR count). The summed E-state index contributed by atoms with van der Waals surface area (Å²) in [4.78, 5) is 0. The Bertz CT molecular complexity index is 11.6. The zero-order valence-electron chi connectivity index (χ0n) is 0.802. The molecule has 0 saturated carbocycles. The molecule has 0 aliphatic heterocycles. The van der Waals surface area contributed by atoms with E-state index in [0.29, 0.717) is 0 Å². The molecule has 0 aromatic rings. The van der Waals surface area contributed by atoms with Crippen molar-refractivity contribution in [2.75, 3.05) is 0 Å². The average Bonchev–Trinajstić information content (AvgIpc) is 0. The van der Waals surface area contributed by atoms with Crippen LogP contribution in [-0.2, 0) is 17.1 Å². The molecule has 0 amide bonds. The first-order valence-corrected chi connectivity index (χ1v) is 0. The maximum atomic E-state index is 0. The molecule has 0 unspecified atom stereocenters. The van der Waals surface area contributed by atoms with Crippen LogP contribution in [0.15, 0.2) is 0 Å². The standard InChI is InChI=1S/Ba.Ca.Cu.H2O.Sr.6H/h;;;1H2;;;;;;;. The van der Waals surface area contributed by atoms with Crippen LogP contribution >= 0.6 is 0 Å². The minimum atomic E-state index is 0. The van der Waals surface area contributed by atoms with Crippen molar-refractivity contribution in [1.29, 1.82) is 0 Å². The Balaban J connectivity index is 0. The Morgan fingerprint density at radius 2 is 1.00 bits per heavy atom. The van der Waals surface area contributed by atoms with Crippen molar-refractivity contribution in [3.63, 3.8) is 0 Å². The van der Waals surface area contributed by atoms with E-state index in [9.17, 15) is 0 Å². The predicted octanol–water partition coefficient (Wildman–Crippen LogP) is -3.58. The summed E-state index contributed by atoms with van der Waals surface area (Å²) < 4.78 is 0. The van der Waals surface area contributed by atoms with Crippen molar-refractivity contribution in [3.05, 3.63) is 0 Å². The van der Waals surface area contributed by atoms with Gasteiger partial charge in [0.05, 0.1) is 0 Å². The van der Waals surface area contributed by atoms with Crippen molar-refractivity contribution in [2.24, 2.45) is 0 Å². The third kappa shape index (κ3) is 17.7. The topological polar surface area (TPSA) is 31.5 Å². The molecular weight excluding hydrogens is 345 g/mol. The Hall–Kier alpha value is 4.79. The first-order chi connectivity index (χ1) is 0. The van der Waals surface area contributed by atoms with Gasteiger partial charge in [-0.2, -0.15) is 0 Å². The summed E-state index contributed by atoms with van der Waals surface area (Å²) in [6.45, 7) is 0. The Kier molecular flexibility index (Phi) is 153. The number of rotatable bonds is 0. The number of hydrogen-bond donors (Lipinski definition) is 0. The Morgan fingerprint density at radius 3 is 1.00 bits per heavy atom. The second-order valence-corrected chi connectivity index (χ2v) is 0. The molecule has 1 radical (unpaired) electrons. The van der Waals surface area contributed by atoms with Gasteiger partial charge in [-0.25, -0.2) is 0 Å². The van der Waals surface area contributed by atoms with Crippen LogP contribution in [0.4, 0.5) is 0 Å². The molecule has 0 saturated heterocycles. The van der Waals surface area contributed by atoms with Crippen molar-refractivity contribution < 1.29 is 22.5 Å². The Labute approximate surface area is 150 Å². The average molecular weight is 353 g/mol. The molecule has 0 aromatic carbocycles. The monoisotopic (exact) mass is 353 g/mol. The van der Waals surface area contributed by atoms with Crippen molar-refractivity contribution in [3.8, 4) is 0 Å². The van der Waals surface area contributed by atoms with Gasteiger partial charge in [-0.05, 0) is 0 Å². The van der Waals surface area contributed by atoms with E-state index in [2.05, 4.69) is 0 Å². The van der Waals surface area contributed by atoms with Gasteiger partial charge in [-0.1, -0.05) is 0 Å². The predicted molar refractivity (Wildman–Crippen MR) is 29.2 cm³/mol. The summed E-state index contributed by atoms with van der Waals surface area (Å²) in [6.07, 6.45) is 0. The van der Waals surface area contributed by atoms with Crippen LogP contribution in [-0.4, -0.2) is 138 Å². The zero-order valence-corrected chi connectivity index (χ0v) is 1.74. The third-order valence-electron chi connectivity index (χ3n) is 0. The minimum absolute atomic E-state index is 0. The van der Waals surface area contributed by atoms with E-state index in [4.69, 9.17) is 0 Å². The third-order valence-corrected chi connectivity index (χ3v) is 0. The van der Waals surface area contributed by atoms with Crippen LogP contribution in [0.5, 0.6) is 0 Å². The van der Waals surface area contributed by atoms with Crippen LogP contribution in [0.25, 0.3) is 0 Å². The van der Waals surface area contributed by atoms with Crippen LogP contribution < -0.4 is 0 Å². The van der Waals surface area contributed by atoms with Crippen molar-refractivity contribution in [1.82, 2.24) is 0 Å². The van der Waals surface area contributed by atoms with E-state index in [0.717, 1.165) is 0 Å². The van der Waals surface area contributed by atoms with Gasteiger partial charge in [0, 0.05) is 17.1 Å². The van der Waals surface area contributed by atoms with E-state index in [-0.39, 0.29) is 155 Å². The molecule has 0 heterocycles. The normalized spacial score (nSPS) is 0. The summed E-state index contributed by atoms with van der Waals surface area (Å²) in [5, 5.41) is 0. The van der Waals surface area contributed by atoms with Gasteiger partial charge < -0.3 is 5.48 Å². The fourth-order valence-corrected chi connectivity index (χ4v) is 0. The molecule has 31 valence electrons. The molecule has 1 nitrogen and oxygen atoms in total. The fraction of sp³-hybridized carbons (Fsp3) is 0. The van der Waals surface area contributed by atoms with Crippen LogP contribution in [0.1, 0.15) is 0 Å². The van der Waals surface area contributed by atoms with Gasteiger partial charge >= 0.3 is 132 Å². The molecule has 0 aliphatic carbocycles. The van der Waals surface area contributed by atoms with Gasteiger partial charge in [0.2, 0.25) is 0 Å². The van der Waals surface area contributed by atoms with Crippen molar-refractivity contribution in [2.45, 2.75) is 0 Å². The van der Waals surface area contributed by atoms with Crippen LogP contribution in [0.3, 0.4) is 0 Å². The summed E-state index contributed by atoms with van der Waals surface area (Å²) in [6, 6.07) is 0. The number of hydrogen-bond acceptors (Lipinski definition) is 0. The van der Waals surface area contributed by atoms with Crippen LogP contribution in [0.2, 0.25) is 0 Å². The van der Waals surface area contributed by atoms with E-state index in [1.807, 2.05) is 0 Å².